The number of rotatable bonds is 2. The molecule has 1 aliphatic rings. The minimum absolute atomic E-state index is 0.00380. The van der Waals surface area contributed by atoms with Crippen molar-refractivity contribution in [1.82, 2.24) is 0 Å². The van der Waals surface area contributed by atoms with Crippen LogP contribution in [0.2, 0.25) is 0 Å². The Labute approximate surface area is 63.5 Å². The minimum atomic E-state index is -1.13. The van der Waals surface area contributed by atoms with Crippen LogP contribution in [0.4, 0.5) is 4.39 Å². The first kappa shape index (κ1) is 8.17. The molecular formula is C7H9FO3. The highest BCUT2D eigenvalue weighted by molar-refractivity contribution is 5.97. The van der Waals surface area contributed by atoms with Crippen LogP contribution in [0.15, 0.2) is 0 Å². The summed E-state index contributed by atoms with van der Waals surface area (Å²) in [6.07, 6.45) is -0.00759. The molecule has 0 aromatic carbocycles. The van der Waals surface area contributed by atoms with Crippen molar-refractivity contribution in [3.05, 3.63) is 0 Å². The van der Waals surface area contributed by atoms with Gasteiger partial charge in [0.25, 0.3) is 0 Å². The summed E-state index contributed by atoms with van der Waals surface area (Å²) in [5.74, 6) is -0.687. The van der Waals surface area contributed by atoms with Crippen LogP contribution in [0.25, 0.3) is 0 Å². The van der Waals surface area contributed by atoms with Gasteiger partial charge in [-0.1, -0.05) is 0 Å². The monoisotopic (exact) mass is 160 g/mol. The zero-order chi connectivity index (χ0) is 8.48. The number of ketones is 1. The lowest BCUT2D eigenvalue weighted by Gasteiger charge is -2.34. The van der Waals surface area contributed by atoms with Crippen molar-refractivity contribution in [2.45, 2.75) is 12.8 Å². The largest absolute Gasteiger partial charge is 0.468 e. The van der Waals surface area contributed by atoms with Gasteiger partial charge in [-0.05, 0) is 0 Å². The van der Waals surface area contributed by atoms with Crippen LogP contribution in [0.1, 0.15) is 12.8 Å². The maximum atomic E-state index is 12.3. The number of esters is 1. The van der Waals surface area contributed by atoms with Crippen LogP contribution in [-0.4, -0.2) is 25.5 Å². The van der Waals surface area contributed by atoms with Crippen molar-refractivity contribution in [3.8, 4) is 0 Å². The van der Waals surface area contributed by atoms with E-state index in [9.17, 15) is 14.0 Å². The third-order valence-electron chi connectivity index (χ3n) is 1.95. The van der Waals surface area contributed by atoms with Crippen molar-refractivity contribution in [3.63, 3.8) is 0 Å². The van der Waals surface area contributed by atoms with Gasteiger partial charge in [0.2, 0.25) is 0 Å². The Kier molecular flexibility index (Phi) is 1.93. The van der Waals surface area contributed by atoms with Crippen LogP contribution in [0, 0.1) is 5.41 Å². The molecule has 3 nitrogen and oxygen atoms in total. The van der Waals surface area contributed by atoms with Crippen molar-refractivity contribution in [1.29, 1.82) is 0 Å². The van der Waals surface area contributed by atoms with E-state index in [0.29, 0.717) is 0 Å². The lowest BCUT2D eigenvalue weighted by molar-refractivity contribution is -0.165. The first-order chi connectivity index (χ1) is 5.14. The predicted octanol–water partition coefficient (Wildman–Crippen LogP) is 0.478. The molecule has 0 aromatic heterocycles. The van der Waals surface area contributed by atoms with E-state index in [2.05, 4.69) is 4.74 Å². The second-order valence-electron chi connectivity index (χ2n) is 2.80. The van der Waals surface area contributed by atoms with Crippen LogP contribution in [-0.2, 0) is 14.3 Å². The first-order valence-corrected chi connectivity index (χ1v) is 3.31. The predicted molar refractivity (Wildman–Crippen MR) is 34.7 cm³/mol. The molecule has 4 heteroatoms. The van der Waals surface area contributed by atoms with E-state index in [1.165, 1.54) is 7.11 Å². The van der Waals surface area contributed by atoms with Gasteiger partial charge in [-0.25, -0.2) is 4.39 Å². The Morgan fingerprint density at radius 1 is 1.73 bits per heavy atom. The fraction of sp³-hybridized carbons (Fsp3) is 0.714. The summed E-state index contributed by atoms with van der Waals surface area (Å²) in [7, 11) is 1.20. The average Bonchev–Trinajstić information content (AvgIpc) is 1.96. The molecule has 0 radical (unpaired) electrons. The molecule has 0 N–H and O–H groups in total. The summed E-state index contributed by atoms with van der Waals surface area (Å²) in [6, 6.07) is 0. The molecule has 0 atom stereocenters. The molecule has 11 heavy (non-hydrogen) atoms. The van der Waals surface area contributed by atoms with E-state index in [0.717, 1.165) is 0 Å². The molecule has 1 aliphatic carbocycles. The number of methoxy groups -OCH3 is 1. The van der Waals surface area contributed by atoms with Crippen molar-refractivity contribution >= 4 is 11.8 Å². The first-order valence-electron chi connectivity index (χ1n) is 3.31. The molecule has 62 valence electrons. The molecule has 0 aliphatic heterocycles. The molecule has 0 heterocycles. The highest BCUT2D eigenvalue weighted by Gasteiger charge is 2.51. The summed E-state index contributed by atoms with van der Waals surface area (Å²) in [5.41, 5.74) is -1.13. The number of halogens is 1. The van der Waals surface area contributed by atoms with Crippen LogP contribution < -0.4 is 0 Å². The molecule has 1 saturated carbocycles. The molecule has 0 aromatic rings. The normalized spacial score (nSPS) is 20.7. The summed E-state index contributed by atoms with van der Waals surface area (Å²) in [4.78, 5) is 21.4. The smallest absolute Gasteiger partial charge is 0.315 e. The van der Waals surface area contributed by atoms with Gasteiger partial charge in [0.05, 0.1) is 7.11 Å². The Hall–Kier alpha value is -0.930. The molecule has 0 bridgehead atoms. The molecule has 0 amide bonds. The second kappa shape index (κ2) is 2.60. The van der Waals surface area contributed by atoms with Gasteiger partial charge in [-0.15, -0.1) is 0 Å². The van der Waals surface area contributed by atoms with E-state index in [1.807, 2.05) is 0 Å². The molecule has 0 saturated heterocycles. The zero-order valence-electron chi connectivity index (χ0n) is 6.22. The Bertz CT molecular complexity index is 192. The Morgan fingerprint density at radius 3 is 2.55 bits per heavy atom. The number of carbonyl (C=O) groups is 2. The Balaban J connectivity index is 2.64. The maximum absolute atomic E-state index is 12.3. The lowest BCUT2D eigenvalue weighted by atomic mass is 9.69. The van der Waals surface area contributed by atoms with Gasteiger partial charge in [-0.3, -0.25) is 9.59 Å². The van der Waals surface area contributed by atoms with E-state index < -0.39 is 18.1 Å². The minimum Gasteiger partial charge on any atom is -0.468 e. The lowest BCUT2D eigenvalue weighted by Crippen LogP contribution is -2.46. The van der Waals surface area contributed by atoms with Crippen molar-refractivity contribution in [2.24, 2.45) is 5.41 Å². The van der Waals surface area contributed by atoms with E-state index >= 15 is 0 Å². The molecule has 0 spiro atoms. The van der Waals surface area contributed by atoms with Crippen molar-refractivity contribution < 1.29 is 18.7 Å². The second-order valence-corrected chi connectivity index (χ2v) is 2.80. The molecular weight excluding hydrogens is 151 g/mol. The number of ether oxygens (including phenoxy) is 1. The maximum Gasteiger partial charge on any atom is 0.315 e. The third kappa shape index (κ3) is 1.13. The Morgan fingerprint density at radius 2 is 2.27 bits per heavy atom. The highest BCUT2D eigenvalue weighted by Crippen LogP contribution is 2.39. The highest BCUT2D eigenvalue weighted by atomic mass is 19.1. The summed E-state index contributed by atoms with van der Waals surface area (Å²) >= 11 is 0. The molecule has 1 rings (SSSR count). The van der Waals surface area contributed by atoms with Crippen LogP contribution >= 0.6 is 0 Å². The van der Waals surface area contributed by atoms with Gasteiger partial charge in [0.1, 0.15) is 17.9 Å². The summed E-state index contributed by atoms with van der Waals surface area (Å²) in [5, 5.41) is 0. The number of carbonyl (C=O) groups excluding carboxylic acids is 2. The van der Waals surface area contributed by atoms with Crippen LogP contribution in [0.5, 0.6) is 0 Å². The number of hydrogen-bond donors (Lipinski definition) is 0. The standard InChI is InChI=1S/C7H9FO3/c1-11-6(10)7(4-8)2-5(9)3-7/h2-4H2,1H3. The van der Waals surface area contributed by atoms with E-state index in [-0.39, 0.29) is 18.6 Å². The van der Waals surface area contributed by atoms with E-state index in [4.69, 9.17) is 0 Å². The van der Waals surface area contributed by atoms with E-state index in [1.54, 1.807) is 0 Å². The number of Topliss-reactive ketones (excluding diaryl/α,β-unsaturated/α-hetero) is 1. The van der Waals surface area contributed by atoms with Gasteiger partial charge < -0.3 is 4.74 Å². The van der Waals surface area contributed by atoms with Crippen LogP contribution in [0.3, 0.4) is 0 Å². The molecule has 1 fully saturated rings. The summed E-state index contributed by atoms with van der Waals surface area (Å²) < 4.78 is 16.6. The van der Waals surface area contributed by atoms with Gasteiger partial charge >= 0.3 is 5.97 Å². The average molecular weight is 160 g/mol. The topological polar surface area (TPSA) is 43.4 Å². The summed E-state index contributed by atoms with van der Waals surface area (Å²) in [6.45, 7) is -0.800. The quantitative estimate of drug-likeness (QED) is 0.552. The van der Waals surface area contributed by atoms with Gasteiger partial charge in [0.15, 0.2) is 0 Å². The fourth-order valence-corrected chi connectivity index (χ4v) is 1.21. The number of hydrogen-bond acceptors (Lipinski definition) is 3. The fourth-order valence-electron chi connectivity index (χ4n) is 1.21. The number of alkyl halides is 1. The third-order valence-corrected chi connectivity index (χ3v) is 1.95. The SMILES string of the molecule is COC(=O)C1(CF)CC(=O)C1. The van der Waals surface area contributed by atoms with Gasteiger partial charge in [-0.2, -0.15) is 0 Å². The molecule has 0 unspecified atom stereocenters. The van der Waals surface area contributed by atoms with Crippen molar-refractivity contribution in [2.75, 3.05) is 13.8 Å². The van der Waals surface area contributed by atoms with Gasteiger partial charge in [0, 0.05) is 12.8 Å². The zero-order valence-corrected chi connectivity index (χ0v) is 6.22.